The number of nitrogens with two attached hydrogens (primary N) is 1. The van der Waals surface area contributed by atoms with E-state index in [-0.39, 0.29) is 30.0 Å². The van der Waals surface area contributed by atoms with Crippen molar-refractivity contribution < 1.29 is 9.53 Å². The largest absolute Gasteiger partial charge is 0.396 e. The standard InChI is InChI=1S/C13H22N4O2/c1-8-9(2)19-10(3)12(8)13(18)15-4-5-17-7-11(14)6-16-17/h6-10,12H,4-5,14H2,1-3H3,(H,15,18). The summed E-state index contributed by atoms with van der Waals surface area (Å²) in [4.78, 5) is 12.2. The van der Waals surface area contributed by atoms with Gasteiger partial charge >= 0.3 is 0 Å². The van der Waals surface area contributed by atoms with E-state index in [2.05, 4.69) is 17.3 Å². The van der Waals surface area contributed by atoms with Gasteiger partial charge in [-0.25, -0.2) is 0 Å². The first kappa shape index (κ1) is 13.9. The molecule has 2 rings (SSSR count). The molecule has 1 saturated heterocycles. The molecule has 0 aliphatic carbocycles. The minimum Gasteiger partial charge on any atom is -0.396 e. The van der Waals surface area contributed by atoms with E-state index in [9.17, 15) is 4.79 Å². The predicted octanol–water partition coefficient (Wildman–Crippen LogP) is 0.641. The molecule has 1 amide bonds. The van der Waals surface area contributed by atoms with Crippen LogP contribution < -0.4 is 11.1 Å². The molecule has 6 nitrogen and oxygen atoms in total. The third-order valence-electron chi connectivity index (χ3n) is 3.84. The van der Waals surface area contributed by atoms with Crippen LogP contribution in [0.1, 0.15) is 20.8 Å². The number of ether oxygens (including phenoxy) is 1. The van der Waals surface area contributed by atoms with Gasteiger partial charge in [0.2, 0.25) is 5.91 Å². The fourth-order valence-corrected chi connectivity index (χ4v) is 2.63. The molecule has 0 spiro atoms. The van der Waals surface area contributed by atoms with Crippen molar-refractivity contribution in [2.24, 2.45) is 11.8 Å². The maximum atomic E-state index is 12.2. The van der Waals surface area contributed by atoms with Crippen molar-refractivity contribution in [1.29, 1.82) is 0 Å². The van der Waals surface area contributed by atoms with Crippen molar-refractivity contribution in [3.8, 4) is 0 Å². The Balaban J connectivity index is 1.81. The number of nitrogens with zero attached hydrogens (tertiary/aromatic N) is 2. The summed E-state index contributed by atoms with van der Waals surface area (Å²) in [6.07, 6.45) is 3.46. The lowest BCUT2D eigenvalue weighted by molar-refractivity contribution is -0.127. The van der Waals surface area contributed by atoms with Crippen molar-refractivity contribution in [2.45, 2.75) is 39.5 Å². The molecule has 1 aliphatic heterocycles. The Hall–Kier alpha value is -1.56. The molecule has 0 bridgehead atoms. The maximum absolute atomic E-state index is 12.2. The van der Waals surface area contributed by atoms with Crippen LogP contribution >= 0.6 is 0 Å². The normalized spacial score (nSPS) is 30.5. The molecule has 1 aromatic heterocycles. The summed E-state index contributed by atoms with van der Waals surface area (Å²) in [6, 6.07) is 0. The first-order chi connectivity index (χ1) is 8.99. The van der Waals surface area contributed by atoms with Crippen molar-refractivity contribution >= 4 is 11.6 Å². The number of hydrogen-bond acceptors (Lipinski definition) is 4. The Morgan fingerprint density at radius 2 is 2.21 bits per heavy atom. The second-order valence-corrected chi connectivity index (χ2v) is 5.26. The molecule has 1 aliphatic rings. The van der Waals surface area contributed by atoms with Crippen molar-refractivity contribution in [3.63, 3.8) is 0 Å². The Bertz CT molecular complexity index is 446. The van der Waals surface area contributed by atoms with Crippen LogP contribution in [0.5, 0.6) is 0 Å². The monoisotopic (exact) mass is 266 g/mol. The molecule has 4 unspecified atom stereocenters. The number of aromatic nitrogens is 2. The third-order valence-corrected chi connectivity index (χ3v) is 3.84. The molecule has 19 heavy (non-hydrogen) atoms. The minimum atomic E-state index is -0.0716. The molecule has 0 aromatic carbocycles. The first-order valence-corrected chi connectivity index (χ1v) is 6.70. The van der Waals surface area contributed by atoms with Gasteiger partial charge in [-0.3, -0.25) is 9.48 Å². The smallest absolute Gasteiger partial charge is 0.226 e. The number of amides is 1. The number of nitrogen functional groups attached to an aromatic ring is 1. The van der Waals surface area contributed by atoms with E-state index in [0.29, 0.717) is 18.8 Å². The fraction of sp³-hybridized carbons (Fsp3) is 0.692. The second kappa shape index (κ2) is 5.61. The average molecular weight is 266 g/mol. The lowest BCUT2D eigenvalue weighted by Gasteiger charge is -2.17. The van der Waals surface area contributed by atoms with Crippen molar-refractivity contribution in [1.82, 2.24) is 15.1 Å². The summed E-state index contributed by atoms with van der Waals surface area (Å²) in [7, 11) is 0. The molecule has 2 heterocycles. The van der Waals surface area contributed by atoms with E-state index in [1.807, 2.05) is 13.8 Å². The van der Waals surface area contributed by atoms with Gasteiger partial charge in [0.25, 0.3) is 0 Å². The summed E-state index contributed by atoms with van der Waals surface area (Å²) in [5.74, 6) is 0.234. The zero-order valence-electron chi connectivity index (χ0n) is 11.7. The number of anilines is 1. The van der Waals surface area contributed by atoms with Gasteiger partial charge in [-0.1, -0.05) is 6.92 Å². The minimum absolute atomic E-state index is 0.0228. The maximum Gasteiger partial charge on any atom is 0.226 e. The van der Waals surface area contributed by atoms with E-state index in [0.717, 1.165) is 0 Å². The van der Waals surface area contributed by atoms with Crippen LogP contribution in [0.3, 0.4) is 0 Å². The summed E-state index contributed by atoms with van der Waals surface area (Å²) < 4.78 is 7.40. The SMILES string of the molecule is CC1OC(C)C(C(=O)NCCn2cc(N)cn2)C1C. The quantitative estimate of drug-likeness (QED) is 0.838. The molecule has 4 atom stereocenters. The molecular weight excluding hydrogens is 244 g/mol. The highest BCUT2D eigenvalue weighted by Crippen LogP contribution is 2.32. The van der Waals surface area contributed by atoms with Gasteiger partial charge in [0.15, 0.2) is 0 Å². The summed E-state index contributed by atoms with van der Waals surface area (Å²) in [5, 5.41) is 7.01. The topological polar surface area (TPSA) is 82.2 Å². The number of carbonyl (C=O) groups excluding carboxylic acids is 1. The van der Waals surface area contributed by atoms with Gasteiger partial charge in [-0.15, -0.1) is 0 Å². The Morgan fingerprint density at radius 3 is 2.74 bits per heavy atom. The van der Waals surface area contributed by atoms with Gasteiger partial charge in [-0.2, -0.15) is 5.10 Å². The van der Waals surface area contributed by atoms with E-state index in [1.54, 1.807) is 17.1 Å². The van der Waals surface area contributed by atoms with Gasteiger partial charge < -0.3 is 15.8 Å². The fourth-order valence-electron chi connectivity index (χ4n) is 2.63. The summed E-state index contributed by atoms with van der Waals surface area (Å²) in [5.41, 5.74) is 6.21. The Labute approximate surface area is 113 Å². The van der Waals surface area contributed by atoms with Crippen LogP contribution in [0.15, 0.2) is 12.4 Å². The number of carbonyl (C=O) groups is 1. The highest BCUT2D eigenvalue weighted by Gasteiger charge is 2.41. The summed E-state index contributed by atoms with van der Waals surface area (Å²) in [6.45, 7) is 7.20. The molecule has 3 N–H and O–H groups in total. The van der Waals surface area contributed by atoms with Gasteiger partial charge in [-0.05, 0) is 19.8 Å². The third kappa shape index (κ3) is 3.07. The van der Waals surface area contributed by atoms with Crippen molar-refractivity contribution in [2.75, 3.05) is 12.3 Å². The molecule has 1 aromatic rings. The molecule has 6 heteroatoms. The van der Waals surface area contributed by atoms with E-state index >= 15 is 0 Å². The highest BCUT2D eigenvalue weighted by molar-refractivity contribution is 5.79. The van der Waals surface area contributed by atoms with Crippen molar-refractivity contribution in [3.05, 3.63) is 12.4 Å². The van der Waals surface area contributed by atoms with Crippen LogP contribution in [0.4, 0.5) is 5.69 Å². The van der Waals surface area contributed by atoms with Gasteiger partial charge in [0, 0.05) is 12.7 Å². The van der Waals surface area contributed by atoms with Gasteiger partial charge in [0.1, 0.15) is 0 Å². The van der Waals surface area contributed by atoms with Crippen LogP contribution in [-0.2, 0) is 16.1 Å². The molecule has 106 valence electrons. The number of hydrogen-bond donors (Lipinski definition) is 2. The van der Waals surface area contributed by atoms with Crippen LogP contribution in [0.25, 0.3) is 0 Å². The first-order valence-electron chi connectivity index (χ1n) is 6.70. The second-order valence-electron chi connectivity index (χ2n) is 5.26. The van der Waals surface area contributed by atoms with Crippen LogP contribution in [-0.4, -0.2) is 34.4 Å². The Morgan fingerprint density at radius 1 is 1.47 bits per heavy atom. The van der Waals surface area contributed by atoms with Gasteiger partial charge in [0.05, 0.1) is 36.6 Å². The van der Waals surface area contributed by atoms with E-state index < -0.39 is 0 Å². The lowest BCUT2D eigenvalue weighted by Crippen LogP contribution is -2.38. The zero-order valence-corrected chi connectivity index (χ0v) is 11.7. The molecule has 1 fully saturated rings. The zero-order chi connectivity index (χ0) is 14.0. The van der Waals surface area contributed by atoms with Crippen LogP contribution in [0, 0.1) is 11.8 Å². The van der Waals surface area contributed by atoms with Crippen LogP contribution in [0.2, 0.25) is 0 Å². The lowest BCUT2D eigenvalue weighted by atomic mass is 9.89. The number of rotatable bonds is 4. The predicted molar refractivity (Wildman–Crippen MR) is 72.3 cm³/mol. The molecular formula is C13H22N4O2. The number of nitrogens with one attached hydrogen (secondary N) is 1. The molecule has 0 radical (unpaired) electrons. The highest BCUT2D eigenvalue weighted by atomic mass is 16.5. The molecule has 0 saturated carbocycles. The van der Waals surface area contributed by atoms with E-state index in [1.165, 1.54) is 0 Å². The summed E-state index contributed by atoms with van der Waals surface area (Å²) >= 11 is 0. The Kier molecular flexibility index (Phi) is 4.09. The van der Waals surface area contributed by atoms with E-state index in [4.69, 9.17) is 10.5 Å². The average Bonchev–Trinajstić information content (AvgIpc) is 2.84.